The molecule has 0 radical (unpaired) electrons. The lowest BCUT2D eigenvalue weighted by atomic mass is 10.4. The van der Waals surface area contributed by atoms with Gasteiger partial charge in [0, 0.05) is 12.1 Å². The van der Waals surface area contributed by atoms with Crippen molar-refractivity contribution in [2.75, 3.05) is 6.61 Å². The van der Waals surface area contributed by atoms with Gasteiger partial charge in [0.2, 0.25) is 5.09 Å². The van der Waals surface area contributed by atoms with Gasteiger partial charge in [-0.05, 0) is 31.9 Å². The summed E-state index contributed by atoms with van der Waals surface area (Å²) in [7, 11) is -3.68. The highest BCUT2D eigenvalue weighted by atomic mass is 32.2. The molecule has 1 heterocycles. The minimum absolute atomic E-state index is 0.115. The third-order valence-corrected chi connectivity index (χ3v) is 4.14. The van der Waals surface area contributed by atoms with Gasteiger partial charge < -0.3 is 14.8 Å². The van der Waals surface area contributed by atoms with E-state index in [2.05, 4.69) is 10.0 Å². The lowest BCUT2D eigenvalue weighted by Gasteiger charge is -2.09. The fourth-order valence-electron chi connectivity index (χ4n) is 1.49. The molecule has 1 fully saturated rings. The van der Waals surface area contributed by atoms with E-state index in [-0.39, 0.29) is 11.7 Å². The summed E-state index contributed by atoms with van der Waals surface area (Å²) in [6.45, 7) is 1.86. The van der Waals surface area contributed by atoms with E-state index in [0.29, 0.717) is 18.3 Å². The number of hydrogen-bond donors (Lipinski definition) is 3. The summed E-state index contributed by atoms with van der Waals surface area (Å²) in [5.74, 6) is 0.596. The highest BCUT2D eigenvalue weighted by Gasteiger charge is 2.23. The molecule has 1 aromatic rings. The number of hydrogen-bond acceptors (Lipinski definition) is 5. The average molecular weight is 274 g/mol. The van der Waals surface area contributed by atoms with Crippen molar-refractivity contribution in [3.05, 3.63) is 17.9 Å². The van der Waals surface area contributed by atoms with Crippen molar-refractivity contribution in [2.24, 2.45) is 0 Å². The molecular formula is C11H18N2O4S. The van der Waals surface area contributed by atoms with Gasteiger partial charge in [0.15, 0.2) is 0 Å². The molecule has 0 spiro atoms. The second kappa shape index (κ2) is 5.40. The molecule has 18 heavy (non-hydrogen) atoms. The van der Waals surface area contributed by atoms with Crippen LogP contribution in [0.4, 0.5) is 0 Å². The molecule has 6 nitrogen and oxygen atoms in total. The van der Waals surface area contributed by atoms with Gasteiger partial charge in [-0.1, -0.05) is 0 Å². The van der Waals surface area contributed by atoms with Crippen molar-refractivity contribution in [3.8, 4) is 0 Å². The molecule has 7 heteroatoms. The highest BCUT2D eigenvalue weighted by Crippen LogP contribution is 2.20. The molecule has 1 aromatic heterocycles. The number of sulfonamides is 1. The number of rotatable bonds is 7. The van der Waals surface area contributed by atoms with Gasteiger partial charge in [0.25, 0.3) is 10.0 Å². The van der Waals surface area contributed by atoms with Crippen molar-refractivity contribution in [3.63, 3.8) is 0 Å². The van der Waals surface area contributed by atoms with E-state index in [1.807, 2.05) is 0 Å². The largest absolute Gasteiger partial charge is 0.447 e. The summed E-state index contributed by atoms with van der Waals surface area (Å²) < 4.78 is 31.3. The second-order valence-corrected chi connectivity index (χ2v) is 6.23. The van der Waals surface area contributed by atoms with Crippen LogP contribution in [0.1, 0.15) is 25.5 Å². The fraction of sp³-hybridized carbons (Fsp3) is 0.636. The Bertz CT molecular complexity index is 493. The summed E-state index contributed by atoms with van der Waals surface area (Å²) >= 11 is 0. The molecule has 0 aromatic carbocycles. The molecule has 1 unspecified atom stereocenters. The lowest BCUT2D eigenvalue weighted by Crippen LogP contribution is -2.34. The maximum Gasteiger partial charge on any atom is 0.274 e. The van der Waals surface area contributed by atoms with Crippen molar-refractivity contribution < 1.29 is 17.9 Å². The van der Waals surface area contributed by atoms with Crippen molar-refractivity contribution >= 4 is 10.0 Å². The summed E-state index contributed by atoms with van der Waals surface area (Å²) in [6.07, 6.45) is 2.34. The van der Waals surface area contributed by atoms with Gasteiger partial charge in [0.1, 0.15) is 5.76 Å². The molecule has 1 saturated carbocycles. The lowest BCUT2D eigenvalue weighted by molar-refractivity contribution is 0.264. The van der Waals surface area contributed by atoms with Crippen LogP contribution < -0.4 is 10.0 Å². The first kappa shape index (κ1) is 13.5. The van der Waals surface area contributed by atoms with E-state index >= 15 is 0 Å². The van der Waals surface area contributed by atoms with Crippen LogP contribution in [0, 0.1) is 0 Å². The number of furan rings is 1. The monoisotopic (exact) mass is 274 g/mol. The van der Waals surface area contributed by atoms with Crippen LogP contribution in [0.2, 0.25) is 0 Å². The predicted octanol–water partition coefficient (Wildman–Crippen LogP) is 0.191. The van der Waals surface area contributed by atoms with Gasteiger partial charge in [-0.3, -0.25) is 0 Å². The molecule has 0 saturated heterocycles. The van der Waals surface area contributed by atoms with Crippen molar-refractivity contribution in [1.82, 2.24) is 10.0 Å². The third kappa shape index (κ3) is 3.55. The number of nitrogens with one attached hydrogen (secondary N) is 2. The van der Waals surface area contributed by atoms with Crippen LogP contribution >= 0.6 is 0 Å². The molecular weight excluding hydrogens is 256 g/mol. The summed E-state index contributed by atoms with van der Waals surface area (Å²) in [5.41, 5.74) is 0. The summed E-state index contributed by atoms with van der Waals surface area (Å²) in [6, 6.07) is 3.08. The van der Waals surface area contributed by atoms with E-state index in [1.165, 1.54) is 18.9 Å². The van der Waals surface area contributed by atoms with Gasteiger partial charge in [0.05, 0.1) is 13.2 Å². The van der Waals surface area contributed by atoms with Crippen molar-refractivity contribution in [1.29, 1.82) is 0 Å². The van der Waals surface area contributed by atoms with E-state index < -0.39 is 16.1 Å². The Morgan fingerprint density at radius 1 is 1.50 bits per heavy atom. The quantitative estimate of drug-likeness (QED) is 0.660. The SMILES string of the molecule is CC(CO)NS(=O)(=O)c1ccc(CNC2CC2)o1. The molecule has 1 aliphatic rings. The Labute approximate surface area is 106 Å². The third-order valence-electron chi connectivity index (χ3n) is 2.67. The Morgan fingerprint density at radius 2 is 2.22 bits per heavy atom. The highest BCUT2D eigenvalue weighted by molar-refractivity contribution is 7.89. The van der Waals surface area contributed by atoms with Crippen LogP contribution in [0.5, 0.6) is 0 Å². The molecule has 1 aliphatic carbocycles. The Morgan fingerprint density at radius 3 is 2.83 bits per heavy atom. The summed E-state index contributed by atoms with van der Waals surface area (Å²) in [4.78, 5) is 0. The molecule has 102 valence electrons. The topological polar surface area (TPSA) is 91.6 Å². The van der Waals surface area contributed by atoms with Gasteiger partial charge in [-0.25, -0.2) is 13.1 Å². The van der Waals surface area contributed by atoms with Gasteiger partial charge in [-0.2, -0.15) is 0 Å². The Kier molecular flexibility index (Phi) is 4.06. The number of aliphatic hydroxyl groups excluding tert-OH is 1. The zero-order valence-corrected chi connectivity index (χ0v) is 11.0. The van der Waals surface area contributed by atoms with Crippen molar-refractivity contribution in [2.45, 2.75) is 43.5 Å². The van der Waals surface area contributed by atoms with Gasteiger partial charge in [-0.15, -0.1) is 0 Å². The number of aliphatic hydroxyl groups is 1. The average Bonchev–Trinajstić information content (AvgIpc) is 3.02. The van der Waals surface area contributed by atoms with E-state index in [1.54, 1.807) is 13.0 Å². The smallest absolute Gasteiger partial charge is 0.274 e. The van der Waals surface area contributed by atoms with Crippen LogP contribution in [0.25, 0.3) is 0 Å². The normalized spacial score (nSPS) is 17.9. The zero-order chi connectivity index (χ0) is 13.2. The molecule has 0 aliphatic heterocycles. The molecule has 3 N–H and O–H groups in total. The zero-order valence-electron chi connectivity index (χ0n) is 10.2. The van der Waals surface area contributed by atoms with Crippen LogP contribution in [0.3, 0.4) is 0 Å². The second-order valence-electron chi connectivity index (χ2n) is 4.58. The first-order valence-electron chi connectivity index (χ1n) is 5.96. The molecule has 1 atom stereocenters. The summed E-state index contributed by atoms with van der Waals surface area (Å²) in [5, 5.41) is 12.0. The van der Waals surface area contributed by atoms with E-state index in [9.17, 15) is 8.42 Å². The fourth-order valence-corrected chi connectivity index (χ4v) is 2.67. The maximum atomic E-state index is 11.8. The molecule has 0 amide bonds. The molecule has 0 bridgehead atoms. The minimum Gasteiger partial charge on any atom is -0.447 e. The van der Waals surface area contributed by atoms with Crippen LogP contribution in [-0.4, -0.2) is 32.2 Å². The Hall–Kier alpha value is -0.890. The van der Waals surface area contributed by atoms with E-state index in [0.717, 1.165) is 0 Å². The first-order chi connectivity index (χ1) is 8.51. The van der Waals surface area contributed by atoms with Crippen LogP contribution in [-0.2, 0) is 16.6 Å². The van der Waals surface area contributed by atoms with Crippen LogP contribution in [0.15, 0.2) is 21.6 Å². The standard InChI is InChI=1S/C11H18N2O4S/c1-8(7-14)13-18(15,16)11-5-4-10(17-11)6-12-9-2-3-9/h4-5,8-9,12-14H,2-3,6-7H2,1H3. The van der Waals surface area contributed by atoms with Gasteiger partial charge >= 0.3 is 0 Å². The maximum absolute atomic E-state index is 11.8. The predicted molar refractivity (Wildman–Crippen MR) is 65.4 cm³/mol. The first-order valence-corrected chi connectivity index (χ1v) is 7.45. The minimum atomic E-state index is -3.68. The van der Waals surface area contributed by atoms with E-state index in [4.69, 9.17) is 9.52 Å². The Balaban J connectivity index is 1.98. The molecule has 2 rings (SSSR count).